The Morgan fingerprint density at radius 1 is 0.958 bits per heavy atom. The lowest BCUT2D eigenvalue weighted by Crippen LogP contribution is -2.46. The zero-order valence-electron chi connectivity index (χ0n) is 14.4. The third-order valence-electron chi connectivity index (χ3n) is 4.08. The molecule has 24 heavy (non-hydrogen) atoms. The molecule has 1 N–H and O–H groups in total. The fourth-order valence-corrected chi connectivity index (χ4v) is 2.98. The van der Waals surface area contributed by atoms with Crippen LogP contribution in [0.25, 0.3) is 0 Å². The van der Waals surface area contributed by atoms with E-state index >= 15 is 0 Å². The van der Waals surface area contributed by atoms with Crippen LogP contribution in [0.3, 0.4) is 0 Å². The van der Waals surface area contributed by atoms with Gasteiger partial charge in [0.1, 0.15) is 5.82 Å². The van der Waals surface area contributed by atoms with Crippen molar-refractivity contribution >= 4 is 23.9 Å². The topological polar surface area (TPSA) is 61.4 Å². The summed E-state index contributed by atoms with van der Waals surface area (Å²) in [4.78, 5) is 24.0. The van der Waals surface area contributed by atoms with Gasteiger partial charge in [-0.2, -0.15) is 4.98 Å². The summed E-state index contributed by atoms with van der Waals surface area (Å²) in [5, 5.41) is 3.38. The lowest BCUT2D eigenvalue weighted by atomic mass is 10.1. The SMILES string of the molecule is Cc1cc(C)cc(Nc2cc(C)nc(N3CCN(C=O)CC3)n2)c1. The molecule has 6 nitrogen and oxygen atoms in total. The van der Waals surface area contributed by atoms with Crippen LogP contribution in [0.2, 0.25) is 0 Å². The maximum absolute atomic E-state index is 10.8. The van der Waals surface area contributed by atoms with E-state index < -0.39 is 0 Å². The van der Waals surface area contributed by atoms with Crippen molar-refractivity contribution in [2.45, 2.75) is 20.8 Å². The lowest BCUT2D eigenvalue weighted by molar-refractivity contribution is -0.118. The average molecular weight is 325 g/mol. The van der Waals surface area contributed by atoms with Gasteiger partial charge in [-0.3, -0.25) is 4.79 Å². The molecule has 1 aromatic carbocycles. The van der Waals surface area contributed by atoms with Crippen molar-refractivity contribution in [3.63, 3.8) is 0 Å². The van der Waals surface area contributed by atoms with E-state index in [4.69, 9.17) is 0 Å². The van der Waals surface area contributed by atoms with Crippen LogP contribution in [0.1, 0.15) is 16.8 Å². The summed E-state index contributed by atoms with van der Waals surface area (Å²) in [6.07, 6.45) is 0.904. The first-order valence-corrected chi connectivity index (χ1v) is 8.19. The van der Waals surface area contributed by atoms with Crippen molar-refractivity contribution in [1.29, 1.82) is 0 Å². The van der Waals surface area contributed by atoms with Crippen molar-refractivity contribution in [3.8, 4) is 0 Å². The Bertz CT molecular complexity index is 718. The van der Waals surface area contributed by atoms with Crippen LogP contribution in [-0.2, 0) is 4.79 Å². The summed E-state index contributed by atoms with van der Waals surface area (Å²) in [6.45, 7) is 9.07. The second-order valence-electron chi connectivity index (χ2n) is 6.32. The van der Waals surface area contributed by atoms with Gasteiger partial charge in [0.15, 0.2) is 0 Å². The Balaban J connectivity index is 1.80. The Labute approximate surface area is 142 Å². The quantitative estimate of drug-likeness (QED) is 0.875. The van der Waals surface area contributed by atoms with Crippen LogP contribution < -0.4 is 10.2 Å². The summed E-state index contributed by atoms with van der Waals surface area (Å²) in [5.41, 5.74) is 4.38. The maximum atomic E-state index is 10.8. The van der Waals surface area contributed by atoms with Crippen LogP contribution in [0, 0.1) is 20.8 Å². The van der Waals surface area contributed by atoms with Gasteiger partial charge in [-0.1, -0.05) is 6.07 Å². The first-order chi connectivity index (χ1) is 11.5. The van der Waals surface area contributed by atoms with E-state index in [1.54, 1.807) is 4.90 Å². The van der Waals surface area contributed by atoms with Gasteiger partial charge in [0, 0.05) is 43.6 Å². The monoisotopic (exact) mass is 325 g/mol. The van der Waals surface area contributed by atoms with E-state index in [0.29, 0.717) is 19.0 Å². The molecule has 0 unspecified atom stereocenters. The molecule has 0 spiro atoms. The minimum absolute atomic E-state index is 0.709. The van der Waals surface area contributed by atoms with E-state index in [-0.39, 0.29) is 0 Å². The highest BCUT2D eigenvalue weighted by Gasteiger charge is 2.18. The number of hydrogen-bond donors (Lipinski definition) is 1. The first kappa shape index (κ1) is 16.2. The number of nitrogens with zero attached hydrogens (tertiary/aromatic N) is 4. The maximum Gasteiger partial charge on any atom is 0.227 e. The van der Waals surface area contributed by atoms with E-state index in [1.165, 1.54) is 11.1 Å². The summed E-state index contributed by atoms with van der Waals surface area (Å²) in [6, 6.07) is 8.30. The predicted molar refractivity (Wildman–Crippen MR) is 95.8 cm³/mol. The average Bonchev–Trinajstić information content (AvgIpc) is 2.53. The molecule has 1 amide bonds. The van der Waals surface area contributed by atoms with Crippen molar-refractivity contribution < 1.29 is 4.79 Å². The number of benzene rings is 1. The fourth-order valence-electron chi connectivity index (χ4n) is 2.98. The standard InChI is InChI=1S/C18H23N5O/c1-13-8-14(2)10-16(9-13)20-17-11-15(3)19-18(21-17)23-6-4-22(12-24)5-7-23/h8-12H,4-7H2,1-3H3,(H,19,20,21). The molecule has 0 bridgehead atoms. The number of amides is 1. The summed E-state index contributed by atoms with van der Waals surface area (Å²) in [5.74, 6) is 1.51. The molecule has 1 fully saturated rings. The van der Waals surface area contributed by atoms with Crippen molar-refractivity contribution in [2.24, 2.45) is 0 Å². The van der Waals surface area contributed by atoms with E-state index in [1.807, 2.05) is 13.0 Å². The van der Waals surface area contributed by atoms with Crippen molar-refractivity contribution in [2.75, 3.05) is 36.4 Å². The van der Waals surface area contributed by atoms with Crippen LogP contribution in [0.15, 0.2) is 24.3 Å². The number of nitrogens with one attached hydrogen (secondary N) is 1. The molecule has 1 aliphatic rings. The number of hydrogen-bond acceptors (Lipinski definition) is 5. The molecule has 1 aromatic heterocycles. The third kappa shape index (κ3) is 3.82. The molecule has 0 aliphatic carbocycles. The van der Waals surface area contributed by atoms with Crippen LogP contribution in [0.4, 0.5) is 17.5 Å². The molecule has 3 rings (SSSR count). The van der Waals surface area contributed by atoms with Gasteiger partial charge in [0.2, 0.25) is 12.4 Å². The van der Waals surface area contributed by atoms with Gasteiger partial charge in [0.25, 0.3) is 0 Å². The zero-order valence-corrected chi connectivity index (χ0v) is 14.4. The fraction of sp³-hybridized carbons (Fsp3) is 0.389. The van der Waals surface area contributed by atoms with Gasteiger partial charge in [-0.25, -0.2) is 4.98 Å². The minimum Gasteiger partial charge on any atom is -0.342 e. The largest absolute Gasteiger partial charge is 0.342 e. The summed E-state index contributed by atoms with van der Waals surface area (Å²) in [7, 11) is 0. The van der Waals surface area contributed by atoms with E-state index in [0.717, 1.165) is 36.7 Å². The number of aromatic nitrogens is 2. The van der Waals surface area contributed by atoms with Gasteiger partial charge >= 0.3 is 0 Å². The van der Waals surface area contributed by atoms with Gasteiger partial charge in [-0.15, -0.1) is 0 Å². The smallest absolute Gasteiger partial charge is 0.227 e. The second-order valence-corrected chi connectivity index (χ2v) is 6.32. The van der Waals surface area contributed by atoms with E-state index in [9.17, 15) is 4.79 Å². The highest BCUT2D eigenvalue weighted by molar-refractivity contribution is 5.60. The molecule has 1 saturated heterocycles. The second kappa shape index (κ2) is 6.86. The molecule has 1 aliphatic heterocycles. The summed E-state index contributed by atoms with van der Waals surface area (Å²) < 4.78 is 0. The Kier molecular flexibility index (Phi) is 4.64. The molecule has 0 saturated carbocycles. The lowest BCUT2D eigenvalue weighted by Gasteiger charge is -2.32. The number of anilines is 3. The predicted octanol–water partition coefficient (Wildman–Crippen LogP) is 2.42. The number of carbonyl (C=O) groups excluding carboxylic acids is 1. The number of aryl methyl sites for hydroxylation is 3. The van der Waals surface area contributed by atoms with Crippen LogP contribution in [0.5, 0.6) is 0 Å². The van der Waals surface area contributed by atoms with Gasteiger partial charge in [-0.05, 0) is 44.0 Å². The molecule has 126 valence electrons. The van der Waals surface area contributed by atoms with Crippen LogP contribution in [-0.4, -0.2) is 47.5 Å². The van der Waals surface area contributed by atoms with Crippen molar-refractivity contribution in [1.82, 2.24) is 14.9 Å². The number of rotatable bonds is 4. The normalized spacial score (nSPS) is 14.6. The molecular formula is C18H23N5O. The zero-order chi connectivity index (χ0) is 17.1. The number of carbonyl (C=O) groups is 1. The van der Waals surface area contributed by atoms with Gasteiger partial charge < -0.3 is 15.1 Å². The Morgan fingerprint density at radius 3 is 2.25 bits per heavy atom. The molecule has 6 heteroatoms. The van der Waals surface area contributed by atoms with E-state index in [2.05, 4.69) is 52.2 Å². The Hall–Kier alpha value is -2.63. The highest BCUT2D eigenvalue weighted by Crippen LogP contribution is 2.21. The Morgan fingerprint density at radius 2 is 1.62 bits per heavy atom. The molecular weight excluding hydrogens is 302 g/mol. The minimum atomic E-state index is 0.709. The molecule has 2 aromatic rings. The number of piperazine rings is 1. The van der Waals surface area contributed by atoms with Gasteiger partial charge in [0.05, 0.1) is 0 Å². The first-order valence-electron chi connectivity index (χ1n) is 8.19. The highest BCUT2D eigenvalue weighted by atomic mass is 16.1. The third-order valence-corrected chi connectivity index (χ3v) is 4.08. The summed E-state index contributed by atoms with van der Waals surface area (Å²) >= 11 is 0. The molecule has 0 atom stereocenters. The molecule has 2 heterocycles. The van der Waals surface area contributed by atoms with Crippen molar-refractivity contribution in [3.05, 3.63) is 41.1 Å². The molecule has 0 radical (unpaired) electrons. The van der Waals surface area contributed by atoms with Crippen LogP contribution >= 0.6 is 0 Å².